The number of anilines is 1. The molecule has 2 amide bonds. The molecule has 2 aromatic rings. The lowest BCUT2D eigenvalue weighted by Crippen LogP contribution is -2.53. The normalized spacial score (nSPS) is 32.2. The highest BCUT2D eigenvalue weighted by Gasteiger charge is 2.67. The minimum atomic E-state index is -0.626. The van der Waals surface area contributed by atoms with Gasteiger partial charge in [0.25, 0.3) is 0 Å². The van der Waals surface area contributed by atoms with Crippen molar-refractivity contribution >= 4 is 17.5 Å². The Morgan fingerprint density at radius 1 is 1.03 bits per heavy atom. The van der Waals surface area contributed by atoms with Crippen LogP contribution in [0.2, 0.25) is 0 Å². The molecule has 0 radical (unpaired) electrons. The molecule has 6 nitrogen and oxygen atoms in total. The Morgan fingerprint density at radius 3 is 2.49 bits per heavy atom. The Bertz CT molecular complexity index is 1150. The lowest BCUT2D eigenvalue weighted by molar-refractivity contribution is -0.128. The quantitative estimate of drug-likeness (QED) is 0.515. The second-order valence-electron chi connectivity index (χ2n) is 12.1. The van der Waals surface area contributed by atoms with Crippen LogP contribution < -0.4 is 16.4 Å². The number of halogens is 1. The van der Waals surface area contributed by atoms with Crippen molar-refractivity contribution in [1.29, 1.82) is 0 Å². The fourth-order valence-electron chi connectivity index (χ4n) is 8.61. The van der Waals surface area contributed by atoms with Crippen molar-refractivity contribution in [1.82, 2.24) is 10.3 Å². The molecule has 4 bridgehead atoms. The van der Waals surface area contributed by atoms with E-state index in [0.717, 1.165) is 62.6 Å². The zero-order chi connectivity index (χ0) is 25.6. The summed E-state index contributed by atoms with van der Waals surface area (Å²) in [5.41, 5.74) is 7.96. The molecular weight excluding hydrogens is 467 g/mol. The topological polar surface area (TPSA) is 97.1 Å². The Labute approximate surface area is 218 Å². The largest absolute Gasteiger partial charge is 0.354 e. The molecule has 196 valence electrons. The van der Waals surface area contributed by atoms with Crippen LogP contribution in [0.1, 0.15) is 63.4 Å². The number of nitrogens with two attached hydrogens (primary N) is 1. The van der Waals surface area contributed by atoms with Gasteiger partial charge in [-0.15, -0.1) is 0 Å². The second-order valence-corrected chi connectivity index (χ2v) is 12.1. The molecule has 7 rings (SSSR count). The summed E-state index contributed by atoms with van der Waals surface area (Å²) in [6.45, 7) is 0.517. The van der Waals surface area contributed by atoms with Crippen molar-refractivity contribution in [2.75, 3.05) is 11.9 Å². The van der Waals surface area contributed by atoms with Gasteiger partial charge in [-0.1, -0.05) is 31.4 Å². The standard InChI is InChI=1S/C30H37FN4O2/c31-22-6-4-21(5-7-22)29(10-2-1-3-11-29)18-34-27(36)26(32)25-20-14-19-15-24(25)30(16-19,17-20)28(37)35-23-8-12-33-13-9-23/h4-9,12-13,19-20,24-26H,1-3,10-11,14-18,32H2,(H,34,36)(H,33,35,37). The Hall–Kier alpha value is -2.80. The number of benzene rings is 1. The van der Waals surface area contributed by atoms with Gasteiger partial charge in [0.2, 0.25) is 11.8 Å². The zero-order valence-electron chi connectivity index (χ0n) is 21.3. The van der Waals surface area contributed by atoms with Crippen LogP contribution >= 0.6 is 0 Å². The van der Waals surface area contributed by atoms with E-state index in [1.54, 1.807) is 12.4 Å². The number of aromatic nitrogens is 1. The van der Waals surface area contributed by atoms with Crippen molar-refractivity contribution in [3.05, 3.63) is 60.2 Å². The van der Waals surface area contributed by atoms with Crippen LogP contribution in [0.5, 0.6) is 0 Å². The molecular formula is C30H37FN4O2. The molecule has 37 heavy (non-hydrogen) atoms. The van der Waals surface area contributed by atoms with Gasteiger partial charge in [0.05, 0.1) is 11.5 Å². The van der Waals surface area contributed by atoms with E-state index in [-0.39, 0.29) is 34.9 Å². The summed E-state index contributed by atoms with van der Waals surface area (Å²) in [5, 5.41) is 6.34. The number of rotatable bonds is 7. The average Bonchev–Trinajstić information content (AvgIpc) is 3.31. The van der Waals surface area contributed by atoms with Gasteiger partial charge in [0, 0.05) is 30.0 Å². The van der Waals surface area contributed by atoms with E-state index in [1.807, 2.05) is 24.3 Å². The molecule has 4 N–H and O–H groups in total. The van der Waals surface area contributed by atoms with E-state index in [1.165, 1.54) is 18.6 Å². The molecule has 6 atom stereocenters. The number of hydrogen-bond acceptors (Lipinski definition) is 4. The van der Waals surface area contributed by atoms with E-state index in [0.29, 0.717) is 18.4 Å². The summed E-state index contributed by atoms with van der Waals surface area (Å²) in [6.07, 6.45) is 12.4. The average molecular weight is 505 g/mol. The van der Waals surface area contributed by atoms with Crippen molar-refractivity contribution in [3.8, 4) is 0 Å². The van der Waals surface area contributed by atoms with Gasteiger partial charge < -0.3 is 16.4 Å². The highest BCUT2D eigenvalue weighted by atomic mass is 19.1. The van der Waals surface area contributed by atoms with Crippen molar-refractivity contribution in [2.24, 2.45) is 34.8 Å². The molecule has 0 saturated heterocycles. The van der Waals surface area contributed by atoms with Gasteiger partial charge in [-0.25, -0.2) is 4.39 Å². The first-order chi connectivity index (χ1) is 17.9. The van der Waals surface area contributed by atoms with Crippen LogP contribution in [0.3, 0.4) is 0 Å². The number of nitrogens with one attached hydrogen (secondary N) is 2. The van der Waals surface area contributed by atoms with Crippen LogP contribution in [0.4, 0.5) is 10.1 Å². The van der Waals surface area contributed by atoms with Gasteiger partial charge >= 0.3 is 0 Å². The minimum absolute atomic E-state index is 0.0232. The fourth-order valence-corrected chi connectivity index (χ4v) is 8.61. The Balaban J connectivity index is 1.16. The number of hydrogen-bond donors (Lipinski definition) is 3. The number of carbonyl (C=O) groups is 2. The van der Waals surface area contributed by atoms with Crippen molar-refractivity contribution in [3.63, 3.8) is 0 Å². The SMILES string of the molecule is NC(C(=O)NCC1(c2ccc(F)cc2)CCCCC1)C1C2CC3CC1C(C(=O)Nc1ccncc1)(C3)C2. The molecule has 1 heterocycles. The molecule has 5 fully saturated rings. The molecule has 1 aromatic heterocycles. The number of carbonyl (C=O) groups excluding carboxylic acids is 2. The number of amides is 2. The molecule has 1 aromatic carbocycles. The van der Waals surface area contributed by atoms with Crippen LogP contribution in [0, 0.1) is 34.9 Å². The summed E-state index contributed by atoms with van der Waals surface area (Å²) in [5.74, 6) is 0.731. The van der Waals surface area contributed by atoms with E-state index >= 15 is 0 Å². The Kier molecular flexibility index (Phi) is 6.30. The number of nitrogens with zero attached hydrogens (tertiary/aromatic N) is 1. The highest BCUT2D eigenvalue weighted by Crippen LogP contribution is 2.68. The number of pyridine rings is 1. The maximum atomic E-state index is 13.6. The third-order valence-corrected chi connectivity index (χ3v) is 10.2. The summed E-state index contributed by atoms with van der Waals surface area (Å²) < 4.78 is 13.6. The van der Waals surface area contributed by atoms with Crippen LogP contribution in [0.15, 0.2) is 48.8 Å². The molecule has 5 saturated carbocycles. The van der Waals surface area contributed by atoms with E-state index in [9.17, 15) is 14.0 Å². The van der Waals surface area contributed by atoms with Gasteiger partial charge in [0.15, 0.2) is 0 Å². The first-order valence-electron chi connectivity index (χ1n) is 13.9. The summed E-state index contributed by atoms with van der Waals surface area (Å²) >= 11 is 0. The lowest BCUT2D eigenvalue weighted by atomic mass is 9.69. The smallest absolute Gasteiger partial charge is 0.237 e. The molecule has 7 heteroatoms. The Morgan fingerprint density at radius 2 is 1.76 bits per heavy atom. The lowest BCUT2D eigenvalue weighted by Gasteiger charge is -2.39. The predicted octanol–water partition coefficient (Wildman–Crippen LogP) is 4.56. The highest BCUT2D eigenvalue weighted by molar-refractivity contribution is 5.96. The van der Waals surface area contributed by atoms with E-state index in [4.69, 9.17) is 5.73 Å². The molecule has 5 aliphatic rings. The molecule has 6 unspecified atom stereocenters. The van der Waals surface area contributed by atoms with Gasteiger partial charge in [-0.3, -0.25) is 14.6 Å². The van der Waals surface area contributed by atoms with Crippen LogP contribution in [-0.4, -0.2) is 29.4 Å². The minimum Gasteiger partial charge on any atom is -0.354 e. The van der Waals surface area contributed by atoms with Crippen molar-refractivity contribution < 1.29 is 14.0 Å². The van der Waals surface area contributed by atoms with E-state index < -0.39 is 11.5 Å². The summed E-state index contributed by atoms with van der Waals surface area (Å²) in [4.78, 5) is 31.1. The van der Waals surface area contributed by atoms with Gasteiger partial charge in [-0.2, -0.15) is 0 Å². The van der Waals surface area contributed by atoms with E-state index in [2.05, 4.69) is 15.6 Å². The summed E-state index contributed by atoms with van der Waals surface area (Å²) in [7, 11) is 0. The summed E-state index contributed by atoms with van der Waals surface area (Å²) in [6, 6.07) is 9.76. The van der Waals surface area contributed by atoms with Crippen LogP contribution in [-0.2, 0) is 15.0 Å². The second kappa shape index (κ2) is 9.50. The third kappa shape index (κ3) is 4.25. The first kappa shape index (κ1) is 24.5. The molecule has 5 aliphatic carbocycles. The third-order valence-electron chi connectivity index (χ3n) is 10.2. The maximum absolute atomic E-state index is 13.6. The monoisotopic (exact) mass is 504 g/mol. The van der Waals surface area contributed by atoms with Crippen LogP contribution in [0.25, 0.3) is 0 Å². The molecule has 0 aliphatic heterocycles. The maximum Gasteiger partial charge on any atom is 0.237 e. The zero-order valence-corrected chi connectivity index (χ0v) is 21.3. The predicted molar refractivity (Wildman–Crippen MR) is 140 cm³/mol. The fraction of sp³-hybridized carbons (Fsp3) is 0.567. The van der Waals surface area contributed by atoms with Gasteiger partial charge in [0.1, 0.15) is 5.82 Å². The molecule has 0 spiro atoms. The van der Waals surface area contributed by atoms with Crippen molar-refractivity contribution in [2.45, 2.75) is 69.2 Å². The van der Waals surface area contributed by atoms with Gasteiger partial charge in [-0.05, 0) is 92.0 Å². The first-order valence-corrected chi connectivity index (χ1v) is 13.9.